The monoisotopic (exact) mass is 314 g/mol. The van der Waals surface area contributed by atoms with E-state index in [4.69, 9.17) is 18.6 Å². The standard InChI is InChI=1S/C17H14O6/c1-9-6-14-16(17(19)22-9)11(8-15(18)23-14)10-2-3-12-13(7-10)21-5-4-20-12/h2-3,6-7,11H,4-5,8H2,1H3. The maximum absolute atomic E-state index is 12.2. The van der Waals surface area contributed by atoms with Crippen molar-refractivity contribution in [2.75, 3.05) is 13.2 Å². The van der Waals surface area contributed by atoms with Crippen LogP contribution in [-0.2, 0) is 4.79 Å². The molecular formula is C17H14O6. The van der Waals surface area contributed by atoms with E-state index in [1.165, 1.54) is 0 Å². The van der Waals surface area contributed by atoms with Gasteiger partial charge in [-0.15, -0.1) is 0 Å². The molecule has 2 aliphatic rings. The summed E-state index contributed by atoms with van der Waals surface area (Å²) in [6.45, 7) is 2.62. The van der Waals surface area contributed by atoms with Crippen LogP contribution in [0.1, 0.15) is 29.2 Å². The normalized spacial score (nSPS) is 19.0. The predicted octanol–water partition coefficient (Wildman–Crippen LogP) is 2.16. The molecule has 0 bridgehead atoms. The van der Waals surface area contributed by atoms with E-state index in [0.717, 1.165) is 5.56 Å². The summed E-state index contributed by atoms with van der Waals surface area (Å²) in [4.78, 5) is 24.2. The lowest BCUT2D eigenvalue weighted by molar-refractivity contribution is -0.135. The summed E-state index contributed by atoms with van der Waals surface area (Å²) in [5, 5.41) is 0. The van der Waals surface area contributed by atoms with Gasteiger partial charge in [-0.25, -0.2) is 4.79 Å². The fourth-order valence-electron chi connectivity index (χ4n) is 2.99. The zero-order valence-electron chi connectivity index (χ0n) is 12.5. The number of benzene rings is 1. The van der Waals surface area contributed by atoms with Crippen LogP contribution < -0.4 is 19.8 Å². The molecule has 118 valence electrons. The molecule has 4 rings (SSSR count). The molecule has 1 unspecified atom stereocenters. The molecule has 0 fully saturated rings. The molecule has 0 aliphatic carbocycles. The SMILES string of the molecule is Cc1cc2c(c(=O)o1)C(c1ccc3c(c1)OCCO3)CC(=O)O2. The summed E-state index contributed by atoms with van der Waals surface area (Å²) in [6, 6.07) is 7.00. The largest absolute Gasteiger partial charge is 0.486 e. The van der Waals surface area contributed by atoms with Crippen molar-refractivity contribution < 1.29 is 23.4 Å². The third-order valence-corrected chi connectivity index (χ3v) is 3.99. The molecule has 0 saturated carbocycles. The summed E-state index contributed by atoms with van der Waals surface area (Å²) in [5.41, 5.74) is 0.683. The molecule has 23 heavy (non-hydrogen) atoms. The molecule has 0 radical (unpaired) electrons. The highest BCUT2D eigenvalue weighted by molar-refractivity contribution is 5.77. The Morgan fingerprint density at radius 1 is 1.00 bits per heavy atom. The molecule has 0 N–H and O–H groups in total. The molecule has 0 saturated heterocycles. The molecular weight excluding hydrogens is 300 g/mol. The van der Waals surface area contributed by atoms with E-state index in [1.54, 1.807) is 25.1 Å². The van der Waals surface area contributed by atoms with Crippen molar-refractivity contribution in [2.24, 2.45) is 0 Å². The van der Waals surface area contributed by atoms with Crippen LogP contribution in [0.4, 0.5) is 0 Å². The lowest BCUT2D eigenvalue weighted by atomic mass is 9.87. The van der Waals surface area contributed by atoms with E-state index in [-0.39, 0.29) is 18.1 Å². The van der Waals surface area contributed by atoms with E-state index in [9.17, 15) is 9.59 Å². The molecule has 1 atom stereocenters. The second-order valence-corrected chi connectivity index (χ2v) is 5.56. The minimum Gasteiger partial charge on any atom is -0.486 e. The van der Waals surface area contributed by atoms with Crippen molar-refractivity contribution in [1.29, 1.82) is 0 Å². The maximum Gasteiger partial charge on any atom is 0.343 e. The lowest BCUT2D eigenvalue weighted by Gasteiger charge is -2.25. The minimum atomic E-state index is -0.479. The zero-order valence-corrected chi connectivity index (χ0v) is 12.5. The Kier molecular flexibility index (Phi) is 3.11. The summed E-state index contributed by atoms with van der Waals surface area (Å²) in [7, 11) is 0. The summed E-state index contributed by atoms with van der Waals surface area (Å²) in [6.07, 6.45) is 0.0838. The molecule has 2 aliphatic heterocycles. The highest BCUT2D eigenvalue weighted by Gasteiger charge is 2.33. The Balaban J connectivity index is 1.84. The van der Waals surface area contributed by atoms with Crippen molar-refractivity contribution >= 4 is 5.97 Å². The second-order valence-electron chi connectivity index (χ2n) is 5.56. The third-order valence-electron chi connectivity index (χ3n) is 3.99. The predicted molar refractivity (Wildman–Crippen MR) is 79.2 cm³/mol. The van der Waals surface area contributed by atoms with Crippen LogP contribution >= 0.6 is 0 Å². The highest BCUT2D eigenvalue weighted by atomic mass is 16.6. The molecule has 0 spiro atoms. The van der Waals surface area contributed by atoms with Gasteiger partial charge in [0.15, 0.2) is 11.5 Å². The number of hydrogen-bond acceptors (Lipinski definition) is 6. The van der Waals surface area contributed by atoms with Crippen LogP contribution in [0.15, 0.2) is 33.5 Å². The van der Waals surface area contributed by atoms with Gasteiger partial charge < -0.3 is 18.6 Å². The topological polar surface area (TPSA) is 75.0 Å². The van der Waals surface area contributed by atoms with Crippen molar-refractivity contribution in [3.05, 3.63) is 51.6 Å². The van der Waals surface area contributed by atoms with Crippen molar-refractivity contribution in [2.45, 2.75) is 19.3 Å². The van der Waals surface area contributed by atoms with Gasteiger partial charge in [-0.1, -0.05) is 6.07 Å². The number of rotatable bonds is 1. The zero-order chi connectivity index (χ0) is 16.0. The summed E-state index contributed by atoms with van der Waals surface area (Å²) in [5.74, 6) is 1.17. The van der Waals surface area contributed by atoms with E-state index in [1.807, 2.05) is 6.07 Å². The van der Waals surface area contributed by atoms with Crippen molar-refractivity contribution in [3.63, 3.8) is 0 Å². The quantitative estimate of drug-likeness (QED) is 0.751. The number of carbonyl (C=O) groups is 1. The van der Waals surface area contributed by atoms with Gasteiger partial charge in [0.25, 0.3) is 0 Å². The van der Waals surface area contributed by atoms with Gasteiger partial charge in [0.2, 0.25) is 0 Å². The fourth-order valence-corrected chi connectivity index (χ4v) is 2.99. The molecule has 6 heteroatoms. The molecule has 1 aromatic heterocycles. The Bertz CT molecular complexity index is 851. The number of fused-ring (bicyclic) bond motifs is 2. The Labute approximate surface area is 131 Å². The van der Waals surface area contributed by atoms with Crippen LogP contribution in [0.25, 0.3) is 0 Å². The van der Waals surface area contributed by atoms with E-state index in [2.05, 4.69) is 0 Å². The average molecular weight is 314 g/mol. The van der Waals surface area contributed by atoms with Crippen LogP contribution in [0, 0.1) is 6.92 Å². The number of ether oxygens (including phenoxy) is 3. The van der Waals surface area contributed by atoms with E-state index < -0.39 is 11.5 Å². The van der Waals surface area contributed by atoms with Crippen molar-refractivity contribution in [1.82, 2.24) is 0 Å². The van der Waals surface area contributed by atoms with Gasteiger partial charge in [-0.05, 0) is 24.6 Å². The molecule has 1 aromatic carbocycles. The van der Waals surface area contributed by atoms with Gasteiger partial charge in [0.05, 0.1) is 12.0 Å². The number of aryl methyl sites for hydroxylation is 1. The molecule has 6 nitrogen and oxygen atoms in total. The minimum absolute atomic E-state index is 0.0838. The first kappa shape index (κ1) is 13.9. The van der Waals surface area contributed by atoms with E-state index in [0.29, 0.717) is 36.0 Å². The second kappa shape index (κ2) is 5.15. The van der Waals surface area contributed by atoms with Crippen LogP contribution in [0.5, 0.6) is 17.2 Å². The van der Waals surface area contributed by atoms with Crippen molar-refractivity contribution in [3.8, 4) is 17.2 Å². The van der Waals surface area contributed by atoms with Gasteiger partial charge >= 0.3 is 11.6 Å². The molecule has 3 heterocycles. The third kappa shape index (κ3) is 2.36. The number of carbonyl (C=O) groups excluding carboxylic acids is 1. The first-order valence-corrected chi connectivity index (χ1v) is 7.36. The van der Waals surface area contributed by atoms with E-state index >= 15 is 0 Å². The number of esters is 1. The Morgan fingerprint density at radius 3 is 2.61 bits per heavy atom. The fraction of sp³-hybridized carbons (Fsp3) is 0.294. The summed E-state index contributed by atoms with van der Waals surface area (Å²) < 4.78 is 21.5. The average Bonchev–Trinajstić information content (AvgIpc) is 2.53. The molecule has 0 amide bonds. The lowest BCUT2D eigenvalue weighted by Crippen LogP contribution is -2.27. The molecule has 2 aromatic rings. The van der Waals surface area contributed by atoms with Gasteiger partial charge in [0.1, 0.15) is 24.7 Å². The Hall–Kier alpha value is -2.76. The smallest absolute Gasteiger partial charge is 0.343 e. The number of hydrogen-bond donors (Lipinski definition) is 0. The highest BCUT2D eigenvalue weighted by Crippen LogP contribution is 2.40. The maximum atomic E-state index is 12.2. The first-order valence-electron chi connectivity index (χ1n) is 7.36. The van der Waals surface area contributed by atoms with Crippen LogP contribution in [0.3, 0.4) is 0 Å². The van der Waals surface area contributed by atoms with Gasteiger partial charge in [-0.2, -0.15) is 0 Å². The van der Waals surface area contributed by atoms with Gasteiger partial charge in [0, 0.05) is 12.0 Å². The summed E-state index contributed by atoms with van der Waals surface area (Å²) >= 11 is 0. The van der Waals surface area contributed by atoms with Gasteiger partial charge in [-0.3, -0.25) is 4.79 Å². The van der Waals surface area contributed by atoms with Crippen LogP contribution in [0.2, 0.25) is 0 Å². The first-order chi connectivity index (χ1) is 11.1. The Morgan fingerprint density at radius 2 is 1.78 bits per heavy atom. The van der Waals surface area contributed by atoms with Crippen LogP contribution in [-0.4, -0.2) is 19.2 Å².